The van der Waals surface area contributed by atoms with Crippen LogP contribution in [0.2, 0.25) is 0 Å². The van der Waals surface area contributed by atoms with Crippen LogP contribution in [-0.4, -0.2) is 30.1 Å². The largest absolute Gasteiger partial charge is 0.548 e. The third-order valence-corrected chi connectivity index (χ3v) is 3.82. The molecule has 7 heteroatoms. The summed E-state index contributed by atoms with van der Waals surface area (Å²) in [5.74, 6) is -2.04. The first-order valence-electron chi connectivity index (χ1n) is 8.48. The Labute approximate surface area is 157 Å². The molecular weight excluding hydrogens is 348 g/mol. The van der Waals surface area contributed by atoms with E-state index in [1.807, 2.05) is 24.3 Å². The van der Waals surface area contributed by atoms with Crippen LogP contribution in [0.4, 0.5) is 4.79 Å². The Bertz CT molecular complexity index is 764. The van der Waals surface area contributed by atoms with Gasteiger partial charge in [-0.2, -0.15) is 0 Å². The maximum Gasteiger partial charge on any atom is 0.408 e. The lowest BCUT2D eigenvalue weighted by molar-refractivity contribution is -0.308. The number of carboxylic acids is 1. The lowest BCUT2D eigenvalue weighted by Crippen LogP contribution is -2.54. The fourth-order valence-electron chi connectivity index (χ4n) is 2.35. The van der Waals surface area contributed by atoms with Crippen molar-refractivity contribution in [3.63, 3.8) is 0 Å². The van der Waals surface area contributed by atoms with Gasteiger partial charge in [0.25, 0.3) is 0 Å². The molecule has 0 spiro atoms. The molecule has 2 atom stereocenters. The van der Waals surface area contributed by atoms with Crippen molar-refractivity contribution in [2.24, 2.45) is 0 Å². The lowest BCUT2D eigenvalue weighted by atomic mass is 10.1. The van der Waals surface area contributed by atoms with Crippen LogP contribution in [0.25, 0.3) is 0 Å². The van der Waals surface area contributed by atoms with E-state index in [2.05, 4.69) is 10.6 Å². The fraction of sp³-hybridized carbons (Fsp3) is 0.250. The third kappa shape index (κ3) is 6.81. The summed E-state index contributed by atoms with van der Waals surface area (Å²) in [6.07, 6.45) is -0.686. The summed E-state index contributed by atoms with van der Waals surface area (Å²) in [6.45, 7) is 1.50. The van der Waals surface area contributed by atoms with Gasteiger partial charge in [-0.25, -0.2) is 4.79 Å². The molecule has 0 unspecified atom stereocenters. The van der Waals surface area contributed by atoms with Crippen molar-refractivity contribution in [2.45, 2.75) is 32.0 Å². The number of amides is 2. The van der Waals surface area contributed by atoms with Gasteiger partial charge in [0.2, 0.25) is 5.91 Å². The van der Waals surface area contributed by atoms with Crippen molar-refractivity contribution in [3.05, 3.63) is 71.8 Å². The first kappa shape index (κ1) is 20.0. The molecule has 0 fully saturated rings. The first-order valence-corrected chi connectivity index (χ1v) is 8.48. The van der Waals surface area contributed by atoms with Gasteiger partial charge in [-0.05, 0) is 24.5 Å². The minimum absolute atomic E-state index is 0.0662. The molecule has 2 amide bonds. The first-order chi connectivity index (χ1) is 13.0. The molecule has 142 valence electrons. The number of carbonyl (C=O) groups is 3. The predicted molar refractivity (Wildman–Crippen MR) is 96.3 cm³/mol. The molecule has 0 saturated carbocycles. The van der Waals surface area contributed by atoms with E-state index in [9.17, 15) is 19.5 Å². The molecule has 0 saturated heterocycles. The predicted octanol–water partition coefficient (Wildman–Crippen LogP) is 0.779. The molecule has 2 N–H and O–H groups in total. The minimum Gasteiger partial charge on any atom is -0.548 e. The number of carbonyl (C=O) groups excluding carboxylic acids is 3. The Morgan fingerprint density at radius 2 is 1.48 bits per heavy atom. The summed E-state index contributed by atoms with van der Waals surface area (Å²) in [5.41, 5.74) is 1.56. The average Bonchev–Trinajstić information content (AvgIpc) is 2.67. The Morgan fingerprint density at radius 3 is 2.04 bits per heavy atom. The number of nitrogens with one attached hydrogen (secondary N) is 2. The highest BCUT2D eigenvalue weighted by molar-refractivity contribution is 5.88. The summed E-state index contributed by atoms with van der Waals surface area (Å²) < 4.78 is 5.04. The van der Waals surface area contributed by atoms with Gasteiger partial charge in [-0.3, -0.25) is 4.79 Å². The molecule has 0 bridgehead atoms. The van der Waals surface area contributed by atoms with Crippen molar-refractivity contribution in [3.8, 4) is 0 Å². The SMILES string of the molecule is C[C@H](NC(=O)OCc1ccccc1)C(=O)N[C@H](Cc1ccccc1)C(=O)[O-]. The number of alkyl carbamates (subject to hydrolysis) is 1. The molecule has 0 heterocycles. The van der Waals surface area contributed by atoms with Gasteiger partial charge in [-0.1, -0.05) is 60.7 Å². The standard InChI is InChI=1S/C20H22N2O5/c1-14(21-20(26)27-13-16-10-6-3-7-11-16)18(23)22-17(19(24)25)12-15-8-4-2-5-9-15/h2-11,14,17H,12-13H2,1H3,(H,21,26)(H,22,23)(H,24,25)/p-1/t14-,17+/m0/s1. The fourth-order valence-corrected chi connectivity index (χ4v) is 2.35. The van der Waals surface area contributed by atoms with E-state index in [-0.39, 0.29) is 13.0 Å². The van der Waals surface area contributed by atoms with Crippen LogP contribution in [0.1, 0.15) is 18.1 Å². The zero-order valence-corrected chi connectivity index (χ0v) is 14.9. The summed E-state index contributed by atoms with van der Waals surface area (Å²) in [5, 5.41) is 16.0. The van der Waals surface area contributed by atoms with Crippen LogP contribution in [-0.2, 0) is 27.4 Å². The molecular formula is C20H21N2O5-. The number of ether oxygens (including phenoxy) is 1. The second-order valence-electron chi connectivity index (χ2n) is 6.00. The van der Waals surface area contributed by atoms with Gasteiger partial charge in [-0.15, -0.1) is 0 Å². The smallest absolute Gasteiger partial charge is 0.408 e. The number of rotatable bonds is 8. The van der Waals surface area contributed by atoms with Crippen molar-refractivity contribution < 1.29 is 24.2 Å². The zero-order chi connectivity index (χ0) is 19.6. The monoisotopic (exact) mass is 369 g/mol. The molecule has 0 aliphatic carbocycles. The Hall–Kier alpha value is -3.35. The van der Waals surface area contributed by atoms with Gasteiger partial charge in [0, 0.05) is 0 Å². The van der Waals surface area contributed by atoms with E-state index in [1.54, 1.807) is 36.4 Å². The quantitative estimate of drug-likeness (QED) is 0.715. The number of hydrogen-bond acceptors (Lipinski definition) is 5. The molecule has 0 aliphatic rings. The summed E-state index contributed by atoms with van der Waals surface area (Å²) in [4.78, 5) is 35.3. The molecule has 0 aromatic heterocycles. The van der Waals surface area contributed by atoms with E-state index in [0.717, 1.165) is 11.1 Å². The molecule has 2 aromatic carbocycles. The summed E-state index contributed by atoms with van der Waals surface area (Å²) in [7, 11) is 0. The van der Waals surface area contributed by atoms with E-state index < -0.39 is 30.1 Å². The highest BCUT2D eigenvalue weighted by Crippen LogP contribution is 2.04. The molecule has 7 nitrogen and oxygen atoms in total. The van der Waals surface area contributed by atoms with Crippen LogP contribution in [0.15, 0.2) is 60.7 Å². The van der Waals surface area contributed by atoms with E-state index in [4.69, 9.17) is 4.74 Å². The maximum absolute atomic E-state index is 12.2. The number of benzene rings is 2. The summed E-state index contributed by atoms with van der Waals surface area (Å²) >= 11 is 0. The Morgan fingerprint density at radius 1 is 0.926 bits per heavy atom. The Kier molecular flexibility index (Phi) is 7.37. The van der Waals surface area contributed by atoms with Gasteiger partial charge in [0.15, 0.2) is 0 Å². The Balaban J connectivity index is 1.83. The van der Waals surface area contributed by atoms with Crippen molar-refractivity contribution in [1.82, 2.24) is 10.6 Å². The van der Waals surface area contributed by atoms with Gasteiger partial charge >= 0.3 is 6.09 Å². The van der Waals surface area contributed by atoms with Crippen LogP contribution in [0.5, 0.6) is 0 Å². The highest BCUT2D eigenvalue weighted by Gasteiger charge is 2.21. The maximum atomic E-state index is 12.2. The van der Waals surface area contributed by atoms with E-state index in [0.29, 0.717) is 0 Å². The summed E-state index contributed by atoms with van der Waals surface area (Å²) in [6, 6.07) is 15.8. The average molecular weight is 369 g/mol. The lowest BCUT2D eigenvalue weighted by Gasteiger charge is -2.22. The normalized spacial score (nSPS) is 12.5. The van der Waals surface area contributed by atoms with Gasteiger partial charge in [0.05, 0.1) is 12.0 Å². The highest BCUT2D eigenvalue weighted by atomic mass is 16.5. The van der Waals surface area contributed by atoms with E-state index >= 15 is 0 Å². The minimum atomic E-state index is -1.40. The van der Waals surface area contributed by atoms with Crippen molar-refractivity contribution >= 4 is 18.0 Å². The van der Waals surface area contributed by atoms with Crippen molar-refractivity contribution in [2.75, 3.05) is 0 Å². The topological polar surface area (TPSA) is 108 Å². The molecule has 2 aromatic rings. The third-order valence-electron chi connectivity index (χ3n) is 3.82. The molecule has 0 radical (unpaired) electrons. The second kappa shape index (κ2) is 9.96. The number of aliphatic carboxylic acids is 1. The second-order valence-corrected chi connectivity index (χ2v) is 6.00. The number of carboxylic acid groups (broad SMARTS) is 1. The molecule has 2 rings (SSSR count). The molecule has 0 aliphatic heterocycles. The van der Waals surface area contributed by atoms with Gasteiger partial charge in [0.1, 0.15) is 12.6 Å². The van der Waals surface area contributed by atoms with Crippen LogP contribution >= 0.6 is 0 Å². The van der Waals surface area contributed by atoms with Gasteiger partial charge < -0.3 is 25.3 Å². The number of hydrogen-bond donors (Lipinski definition) is 2. The van der Waals surface area contributed by atoms with E-state index in [1.165, 1.54) is 6.92 Å². The molecule has 27 heavy (non-hydrogen) atoms. The van der Waals surface area contributed by atoms with Crippen LogP contribution < -0.4 is 15.7 Å². The zero-order valence-electron chi connectivity index (χ0n) is 14.9. The van der Waals surface area contributed by atoms with Crippen LogP contribution in [0.3, 0.4) is 0 Å². The van der Waals surface area contributed by atoms with Crippen molar-refractivity contribution in [1.29, 1.82) is 0 Å². The van der Waals surface area contributed by atoms with Crippen LogP contribution in [0, 0.1) is 0 Å².